The summed E-state index contributed by atoms with van der Waals surface area (Å²) in [4.78, 5) is 43.5. The van der Waals surface area contributed by atoms with Crippen LogP contribution in [0, 0.1) is 6.92 Å². The number of aromatic nitrogens is 2. The minimum Gasteiger partial charge on any atom is -0.411 e. The van der Waals surface area contributed by atoms with Gasteiger partial charge in [-0.25, -0.2) is 4.79 Å². The van der Waals surface area contributed by atoms with E-state index in [4.69, 9.17) is 0 Å². The van der Waals surface area contributed by atoms with E-state index >= 15 is 0 Å². The molecule has 0 amide bonds. The van der Waals surface area contributed by atoms with Gasteiger partial charge in [0.1, 0.15) is 0 Å². The van der Waals surface area contributed by atoms with Crippen LogP contribution >= 0.6 is 0 Å². The minimum absolute atomic E-state index is 0.337. The van der Waals surface area contributed by atoms with Gasteiger partial charge in [-0.3, -0.25) is 9.78 Å². The maximum absolute atomic E-state index is 11.5. The molecule has 0 bridgehead atoms. The Morgan fingerprint density at radius 1 is 1.21 bits per heavy atom. The van der Waals surface area contributed by atoms with Gasteiger partial charge in [0.05, 0.1) is 0 Å². The van der Waals surface area contributed by atoms with Crippen molar-refractivity contribution in [3.8, 4) is 0 Å². The van der Waals surface area contributed by atoms with E-state index in [-0.39, 0.29) is 11.2 Å². The Bertz CT molecular complexity index is 516. The summed E-state index contributed by atoms with van der Waals surface area (Å²) in [7, 11) is -2.90. The van der Waals surface area contributed by atoms with E-state index in [0.29, 0.717) is 18.2 Å². The monoisotopic (exact) mass is 286 g/mol. The van der Waals surface area contributed by atoms with Crippen LogP contribution in [0.4, 0.5) is 0 Å². The first-order chi connectivity index (χ1) is 8.79. The van der Waals surface area contributed by atoms with E-state index in [1.54, 1.807) is 13.1 Å². The highest BCUT2D eigenvalue weighted by molar-refractivity contribution is 6.63. The molecule has 0 aliphatic heterocycles. The molecule has 0 fully saturated rings. The predicted molar refractivity (Wildman–Crippen MR) is 75.4 cm³/mol. The Labute approximate surface area is 113 Å². The van der Waals surface area contributed by atoms with Gasteiger partial charge < -0.3 is 14.2 Å². The third-order valence-electron chi connectivity index (χ3n) is 2.99. The Morgan fingerprint density at radius 2 is 1.84 bits per heavy atom. The van der Waals surface area contributed by atoms with Gasteiger partial charge in [0, 0.05) is 18.3 Å². The minimum atomic E-state index is -2.90. The van der Waals surface area contributed by atoms with E-state index in [1.807, 2.05) is 0 Å². The molecule has 3 N–H and O–H groups in total. The molecule has 0 radical (unpaired) electrons. The van der Waals surface area contributed by atoms with Crippen LogP contribution in [0.15, 0.2) is 15.8 Å². The number of aryl methyl sites for hydroxylation is 2. The fourth-order valence-electron chi connectivity index (χ4n) is 1.88. The normalized spacial score (nSPS) is 11.8. The molecule has 19 heavy (non-hydrogen) atoms. The van der Waals surface area contributed by atoms with Crippen molar-refractivity contribution in [2.24, 2.45) is 0 Å². The van der Waals surface area contributed by atoms with Crippen LogP contribution in [0.1, 0.15) is 31.2 Å². The summed E-state index contributed by atoms with van der Waals surface area (Å²) in [5, 5.41) is 0. The molecule has 0 unspecified atom stereocenters. The molecule has 0 aliphatic carbocycles. The number of aromatic amines is 1. The van der Waals surface area contributed by atoms with Gasteiger partial charge >= 0.3 is 14.3 Å². The van der Waals surface area contributed by atoms with Crippen molar-refractivity contribution in [1.82, 2.24) is 9.55 Å². The van der Waals surface area contributed by atoms with Gasteiger partial charge in [-0.1, -0.05) is 19.3 Å². The molecule has 1 aromatic heterocycles. The molecule has 0 saturated carbocycles. The third kappa shape index (κ3) is 5.99. The zero-order chi connectivity index (χ0) is 14.5. The van der Waals surface area contributed by atoms with E-state index in [0.717, 1.165) is 25.7 Å². The number of hydrogen-bond acceptors (Lipinski definition) is 4. The molecular weight excluding hydrogens is 264 g/mol. The van der Waals surface area contributed by atoms with E-state index in [9.17, 15) is 19.2 Å². The topological polar surface area (TPSA) is 95.3 Å². The predicted octanol–water partition coefficient (Wildman–Crippen LogP) is 0.462. The molecule has 0 saturated heterocycles. The molecule has 7 heteroatoms. The average molecular weight is 286 g/mol. The summed E-state index contributed by atoms with van der Waals surface area (Å²) in [5.74, 6) is 0. The summed E-state index contributed by atoms with van der Waals surface area (Å²) in [5.41, 5.74) is -0.181. The van der Waals surface area contributed by atoms with Crippen LogP contribution < -0.4 is 11.2 Å². The van der Waals surface area contributed by atoms with Crippen LogP contribution in [0.2, 0.25) is 12.6 Å². The smallest absolute Gasteiger partial charge is 0.329 e. The lowest BCUT2D eigenvalue weighted by molar-refractivity contribution is 0.365. The van der Waals surface area contributed by atoms with Crippen molar-refractivity contribution in [2.45, 2.75) is 51.7 Å². The second-order valence-corrected chi connectivity index (χ2v) is 8.08. The first kappa shape index (κ1) is 15.9. The Balaban J connectivity index is 2.33. The van der Waals surface area contributed by atoms with Gasteiger partial charge in [0.2, 0.25) is 0 Å². The molecule has 0 spiro atoms. The van der Waals surface area contributed by atoms with Gasteiger partial charge in [-0.2, -0.15) is 0 Å². The molecule has 0 atom stereocenters. The molecular formula is C12H22N2O4Si. The molecule has 0 aromatic carbocycles. The number of nitrogens with zero attached hydrogens (tertiary/aromatic N) is 1. The van der Waals surface area contributed by atoms with Crippen LogP contribution in [0.5, 0.6) is 0 Å². The summed E-state index contributed by atoms with van der Waals surface area (Å²) in [6.07, 6.45) is 5.05. The van der Waals surface area contributed by atoms with Crippen molar-refractivity contribution >= 4 is 8.56 Å². The lowest BCUT2D eigenvalue weighted by Crippen LogP contribution is -2.30. The quantitative estimate of drug-likeness (QED) is 0.501. The fourth-order valence-corrected chi connectivity index (χ4v) is 2.80. The van der Waals surface area contributed by atoms with Crippen LogP contribution in [0.25, 0.3) is 0 Å². The summed E-state index contributed by atoms with van der Waals surface area (Å²) in [6.45, 7) is 3.75. The highest BCUT2D eigenvalue weighted by Crippen LogP contribution is 2.10. The van der Waals surface area contributed by atoms with Crippen molar-refractivity contribution in [3.05, 3.63) is 32.6 Å². The fraction of sp³-hybridized carbons (Fsp3) is 0.667. The van der Waals surface area contributed by atoms with Crippen molar-refractivity contribution in [2.75, 3.05) is 0 Å². The van der Waals surface area contributed by atoms with Crippen LogP contribution in [0.3, 0.4) is 0 Å². The molecule has 0 aliphatic rings. The van der Waals surface area contributed by atoms with Crippen LogP contribution in [-0.4, -0.2) is 27.7 Å². The van der Waals surface area contributed by atoms with Crippen molar-refractivity contribution in [1.29, 1.82) is 0 Å². The van der Waals surface area contributed by atoms with Gasteiger partial charge in [-0.05, 0) is 25.9 Å². The third-order valence-corrected chi connectivity index (χ3v) is 4.29. The lowest BCUT2D eigenvalue weighted by atomic mass is 10.2. The summed E-state index contributed by atoms with van der Waals surface area (Å²) in [6, 6.07) is 0.491. The van der Waals surface area contributed by atoms with Gasteiger partial charge in [-0.15, -0.1) is 0 Å². The Kier molecular flexibility index (Phi) is 5.71. The van der Waals surface area contributed by atoms with Gasteiger partial charge in [0.25, 0.3) is 5.56 Å². The average Bonchev–Trinajstić information content (AvgIpc) is 2.28. The highest BCUT2D eigenvalue weighted by atomic mass is 28.4. The zero-order valence-electron chi connectivity index (χ0n) is 11.5. The van der Waals surface area contributed by atoms with Crippen LogP contribution in [-0.2, 0) is 6.54 Å². The summed E-state index contributed by atoms with van der Waals surface area (Å²) < 4.78 is 1.51. The Morgan fingerprint density at radius 3 is 2.47 bits per heavy atom. The number of rotatable bonds is 7. The largest absolute Gasteiger partial charge is 0.411 e. The standard InChI is InChI=1S/C12H22N2O4Si/c1-10-9-14(12(16)13-11(10)15)7-5-3-4-6-8-19(2,17)18/h9,17-18H,3-8H2,1-2H3,(H,13,15,16). The lowest BCUT2D eigenvalue weighted by Gasteiger charge is -2.11. The second-order valence-electron chi connectivity index (χ2n) is 5.15. The second kappa shape index (κ2) is 6.83. The molecule has 1 heterocycles. The van der Waals surface area contributed by atoms with Gasteiger partial charge in [0.15, 0.2) is 0 Å². The molecule has 108 valence electrons. The number of nitrogens with one attached hydrogen (secondary N) is 1. The van der Waals surface area contributed by atoms with Crippen molar-refractivity contribution < 1.29 is 9.59 Å². The van der Waals surface area contributed by atoms with E-state index in [2.05, 4.69) is 4.98 Å². The molecule has 6 nitrogen and oxygen atoms in total. The SMILES string of the molecule is Cc1cn(CCCCCC[Si](C)(O)O)c(=O)[nH]c1=O. The molecule has 1 aromatic rings. The molecule has 1 rings (SSSR count). The van der Waals surface area contributed by atoms with E-state index in [1.165, 1.54) is 11.1 Å². The number of H-pyrrole nitrogens is 1. The Hall–Kier alpha value is -1.18. The first-order valence-electron chi connectivity index (χ1n) is 6.55. The maximum Gasteiger partial charge on any atom is 0.329 e. The highest BCUT2D eigenvalue weighted by Gasteiger charge is 2.19. The summed E-state index contributed by atoms with van der Waals surface area (Å²) >= 11 is 0. The number of unbranched alkanes of at least 4 members (excludes halogenated alkanes) is 3. The van der Waals surface area contributed by atoms with E-state index < -0.39 is 8.56 Å². The maximum atomic E-state index is 11.5. The zero-order valence-corrected chi connectivity index (χ0v) is 12.5. The van der Waals surface area contributed by atoms with Crippen molar-refractivity contribution in [3.63, 3.8) is 0 Å². The number of hydrogen-bond donors (Lipinski definition) is 3. The first-order valence-corrected chi connectivity index (χ1v) is 9.15.